The highest BCUT2D eigenvalue weighted by Crippen LogP contribution is 2.47. The number of ether oxygens (including phenoxy) is 1. The lowest BCUT2D eigenvalue weighted by Gasteiger charge is -2.29. The molecular weight excluding hydrogens is 286 g/mol. The molecule has 2 rings (SSSR count). The Labute approximate surface area is 119 Å². The van der Waals surface area contributed by atoms with Gasteiger partial charge in [-0.05, 0) is 31.2 Å². The number of halogens is 2. The number of ketones is 1. The van der Waals surface area contributed by atoms with E-state index in [4.69, 9.17) is 0 Å². The maximum atomic E-state index is 14.0. The maximum absolute atomic E-state index is 14.0. The third kappa shape index (κ3) is 2.61. The van der Waals surface area contributed by atoms with Gasteiger partial charge in [0.05, 0.1) is 12.0 Å². The van der Waals surface area contributed by atoms with E-state index in [2.05, 4.69) is 4.74 Å². The van der Waals surface area contributed by atoms with Crippen LogP contribution in [0.5, 0.6) is 0 Å². The number of esters is 1. The molecule has 0 aliphatic heterocycles. The minimum Gasteiger partial charge on any atom is -0.462 e. The molecule has 0 saturated heterocycles. The fourth-order valence-corrected chi connectivity index (χ4v) is 3.68. The minimum atomic E-state index is -3.64. The van der Waals surface area contributed by atoms with Crippen molar-refractivity contribution in [1.29, 1.82) is 0 Å². The molecule has 1 fully saturated rings. The fourth-order valence-electron chi connectivity index (χ4n) is 2.70. The standard InChI is InChI=1S/C14H16F2O3S/c1-2-19-12(18)14(15,16)9-13(7-3-5-10(13)17)11-6-4-8-20-11/h4,6,8H,2-3,5,7,9H2,1H3. The van der Waals surface area contributed by atoms with Gasteiger partial charge < -0.3 is 4.74 Å². The van der Waals surface area contributed by atoms with Gasteiger partial charge in [0.15, 0.2) is 0 Å². The summed E-state index contributed by atoms with van der Waals surface area (Å²) in [4.78, 5) is 24.2. The molecule has 1 unspecified atom stereocenters. The van der Waals surface area contributed by atoms with Crippen LogP contribution in [0.25, 0.3) is 0 Å². The summed E-state index contributed by atoms with van der Waals surface area (Å²) in [7, 11) is 0. The van der Waals surface area contributed by atoms with Gasteiger partial charge in [0.1, 0.15) is 5.78 Å². The maximum Gasteiger partial charge on any atom is 0.377 e. The number of carbonyl (C=O) groups excluding carboxylic acids is 2. The Balaban J connectivity index is 2.31. The Hall–Kier alpha value is -1.30. The highest BCUT2D eigenvalue weighted by atomic mass is 32.1. The summed E-state index contributed by atoms with van der Waals surface area (Å²) < 4.78 is 32.5. The zero-order valence-electron chi connectivity index (χ0n) is 11.2. The summed E-state index contributed by atoms with van der Waals surface area (Å²) in [6.07, 6.45) is 0.436. The molecule has 1 saturated carbocycles. The zero-order chi connectivity index (χ0) is 14.8. The molecule has 0 aromatic carbocycles. The van der Waals surface area contributed by atoms with Crippen LogP contribution >= 0.6 is 11.3 Å². The second kappa shape index (κ2) is 5.60. The van der Waals surface area contributed by atoms with Crippen molar-refractivity contribution in [2.75, 3.05) is 6.61 Å². The quantitative estimate of drug-likeness (QED) is 0.784. The zero-order valence-corrected chi connectivity index (χ0v) is 12.0. The molecule has 3 nitrogen and oxygen atoms in total. The molecule has 6 heteroatoms. The highest BCUT2D eigenvalue weighted by Gasteiger charge is 2.54. The van der Waals surface area contributed by atoms with E-state index in [0.29, 0.717) is 17.7 Å². The Bertz CT molecular complexity index is 499. The average molecular weight is 302 g/mol. The van der Waals surface area contributed by atoms with Gasteiger partial charge in [-0.1, -0.05) is 6.07 Å². The van der Waals surface area contributed by atoms with Crippen LogP contribution in [0.2, 0.25) is 0 Å². The van der Waals surface area contributed by atoms with Gasteiger partial charge in [-0.2, -0.15) is 8.78 Å². The lowest BCUT2D eigenvalue weighted by atomic mass is 9.78. The molecule has 0 spiro atoms. The van der Waals surface area contributed by atoms with Crippen LogP contribution in [0, 0.1) is 0 Å². The van der Waals surface area contributed by atoms with E-state index in [1.54, 1.807) is 17.5 Å². The van der Waals surface area contributed by atoms with Crippen LogP contribution in [0.1, 0.15) is 37.5 Å². The molecule has 1 heterocycles. The molecule has 0 radical (unpaired) electrons. The molecule has 110 valence electrons. The monoisotopic (exact) mass is 302 g/mol. The van der Waals surface area contributed by atoms with Crippen molar-refractivity contribution >= 4 is 23.1 Å². The number of hydrogen-bond donors (Lipinski definition) is 0. The molecular formula is C14H16F2O3S. The Morgan fingerprint density at radius 2 is 2.30 bits per heavy atom. The van der Waals surface area contributed by atoms with Crippen LogP contribution in [-0.4, -0.2) is 24.3 Å². The number of carbonyl (C=O) groups is 2. The Morgan fingerprint density at radius 1 is 1.55 bits per heavy atom. The predicted molar refractivity (Wildman–Crippen MR) is 71.1 cm³/mol. The van der Waals surface area contributed by atoms with Crippen molar-refractivity contribution in [2.24, 2.45) is 0 Å². The molecule has 1 aliphatic rings. The van der Waals surface area contributed by atoms with Gasteiger partial charge in [-0.15, -0.1) is 11.3 Å². The normalized spacial score (nSPS) is 23.1. The number of thiophene rings is 1. The van der Waals surface area contributed by atoms with Gasteiger partial charge in [-0.3, -0.25) is 4.79 Å². The molecule has 0 N–H and O–H groups in total. The van der Waals surface area contributed by atoms with Crippen molar-refractivity contribution in [3.8, 4) is 0 Å². The van der Waals surface area contributed by atoms with Crippen molar-refractivity contribution in [3.63, 3.8) is 0 Å². The smallest absolute Gasteiger partial charge is 0.377 e. The fraction of sp³-hybridized carbons (Fsp3) is 0.571. The van der Waals surface area contributed by atoms with Gasteiger partial charge >= 0.3 is 11.9 Å². The molecule has 0 amide bonds. The summed E-state index contributed by atoms with van der Waals surface area (Å²) >= 11 is 1.28. The van der Waals surface area contributed by atoms with E-state index < -0.39 is 23.7 Å². The first kappa shape index (κ1) is 15.1. The topological polar surface area (TPSA) is 43.4 Å². The van der Waals surface area contributed by atoms with Crippen LogP contribution in [0.3, 0.4) is 0 Å². The number of Topliss-reactive ketones (excluding diaryl/α,β-unsaturated/α-hetero) is 1. The summed E-state index contributed by atoms with van der Waals surface area (Å²) in [5.74, 6) is -5.39. The minimum absolute atomic E-state index is 0.103. The second-order valence-corrected chi connectivity index (χ2v) is 5.89. The summed E-state index contributed by atoms with van der Waals surface area (Å²) in [5.41, 5.74) is -1.23. The van der Waals surface area contributed by atoms with E-state index in [9.17, 15) is 18.4 Å². The predicted octanol–water partition coefficient (Wildman–Crippen LogP) is 3.33. The van der Waals surface area contributed by atoms with E-state index in [-0.39, 0.29) is 18.8 Å². The van der Waals surface area contributed by atoms with Crippen LogP contribution in [0.15, 0.2) is 17.5 Å². The molecule has 1 atom stereocenters. The van der Waals surface area contributed by atoms with E-state index in [1.165, 1.54) is 18.3 Å². The molecule has 1 aromatic rings. The Kier molecular flexibility index (Phi) is 4.22. The number of rotatable bonds is 5. The summed E-state index contributed by atoms with van der Waals surface area (Å²) in [6, 6.07) is 3.42. The first-order valence-electron chi connectivity index (χ1n) is 6.55. The van der Waals surface area contributed by atoms with Gasteiger partial charge in [0.25, 0.3) is 0 Å². The Morgan fingerprint density at radius 3 is 2.80 bits per heavy atom. The summed E-state index contributed by atoms with van der Waals surface area (Å²) in [5, 5.41) is 1.76. The first-order chi connectivity index (χ1) is 9.42. The van der Waals surface area contributed by atoms with Gasteiger partial charge in [0.2, 0.25) is 0 Å². The molecule has 0 bridgehead atoms. The highest BCUT2D eigenvalue weighted by molar-refractivity contribution is 7.10. The average Bonchev–Trinajstić information content (AvgIpc) is 3.01. The molecule has 20 heavy (non-hydrogen) atoms. The molecule has 1 aromatic heterocycles. The van der Waals surface area contributed by atoms with Crippen LogP contribution in [-0.2, 0) is 19.7 Å². The van der Waals surface area contributed by atoms with E-state index >= 15 is 0 Å². The van der Waals surface area contributed by atoms with Crippen molar-refractivity contribution in [2.45, 2.75) is 43.9 Å². The van der Waals surface area contributed by atoms with Crippen molar-refractivity contribution < 1.29 is 23.1 Å². The van der Waals surface area contributed by atoms with Gasteiger partial charge in [0, 0.05) is 17.7 Å². The van der Waals surface area contributed by atoms with Crippen LogP contribution < -0.4 is 0 Å². The van der Waals surface area contributed by atoms with Gasteiger partial charge in [-0.25, -0.2) is 4.79 Å². The summed E-state index contributed by atoms with van der Waals surface area (Å²) in [6.45, 7) is 1.37. The largest absolute Gasteiger partial charge is 0.462 e. The lowest BCUT2D eigenvalue weighted by Crippen LogP contribution is -2.42. The number of alkyl halides is 2. The van der Waals surface area contributed by atoms with E-state index in [1.807, 2.05) is 0 Å². The SMILES string of the molecule is CCOC(=O)C(F)(F)CC1(c2cccs2)CCCC1=O. The van der Waals surface area contributed by atoms with Crippen LogP contribution in [0.4, 0.5) is 8.78 Å². The lowest BCUT2D eigenvalue weighted by molar-refractivity contribution is -0.174. The third-order valence-corrected chi connectivity index (χ3v) is 4.71. The number of hydrogen-bond acceptors (Lipinski definition) is 4. The molecule has 1 aliphatic carbocycles. The van der Waals surface area contributed by atoms with Crippen molar-refractivity contribution in [3.05, 3.63) is 22.4 Å². The van der Waals surface area contributed by atoms with E-state index in [0.717, 1.165) is 0 Å². The van der Waals surface area contributed by atoms with Crippen molar-refractivity contribution in [1.82, 2.24) is 0 Å². The third-order valence-electron chi connectivity index (χ3n) is 3.63. The second-order valence-electron chi connectivity index (χ2n) is 4.94. The first-order valence-corrected chi connectivity index (χ1v) is 7.43.